The second kappa shape index (κ2) is 5.72. The first-order valence-electron chi connectivity index (χ1n) is 7.34. The molecule has 2 unspecified atom stereocenters. The number of fused-ring (bicyclic) bond motifs is 2. The predicted molar refractivity (Wildman–Crippen MR) is 99.1 cm³/mol. The van der Waals surface area contributed by atoms with E-state index >= 15 is 0 Å². The summed E-state index contributed by atoms with van der Waals surface area (Å²) in [5.74, 6) is 0.490. The summed E-state index contributed by atoms with van der Waals surface area (Å²) >= 11 is 14.7. The molecule has 2 aliphatic heterocycles. The summed E-state index contributed by atoms with van der Waals surface area (Å²) in [5, 5.41) is 6.82. The Morgan fingerprint density at radius 2 is 2.12 bits per heavy atom. The van der Waals surface area contributed by atoms with E-state index in [1.807, 2.05) is 42.5 Å². The number of hydrogen-bond acceptors (Lipinski definition) is 3. The summed E-state index contributed by atoms with van der Waals surface area (Å²) in [7, 11) is 0. The molecule has 7 heteroatoms. The van der Waals surface area contributed by atoms with Crippen molar-refractivity contribution in [1.29, 1.82) is 0 Å². The number of amides is 1. The van der Waals surface area contributed by atoms with Gasteiger partial charge in [-0.2, -0.15) is 0 Å². The molecule has 0 aliphatic carbocycles. The maximum atomic E-state index is 12.7. The van der Waals surface area contributed by atoms with Crippen LogP contribution in [0.25, 0.3) is 0 Å². The lowest BCUT2D eigenvalue weighted by atomic mass is 9.80. The Morgan fingerprint density at radius 1 is 1.29 bits per heavy atom. The van der Waals surface area contributed by atoms with Gasteiger partial charge in [-0.05, 0) is 48.1 Å². The third-order valence-corrected chi connectivity index (χ3v) is 5.26. The second-order valence-corrected chi connectivity index (χ2v) is 7.58. The topological polar surface area (TPSA) is 50.4 Å². The van der Waals surface area contributed by atoms with Crippen molar-refractivity contribution in [1.82, 2.24) is 10.6 Å². The number of nitrogens with one attached hydrogen (secondary N) is 2. The van der Waals surface area contributed by atoms with Crippen LogP contribution >= 0.6 is 39.7 Å². The summed E-state index contributed by atoms with van der Waals surface area (Å²) in [6.45, 7) is 0. The molecule has 2 atom stereocenters. The lowest BCUT2D eigenvalue weighted by molar-refractivity contribution is -0.126. The lowest BCUT2D eigenvalue weighted by Gasteiger charge is -2.38. The molecule has 1 saturated heterocycles. The van der Waals surface area contributed by atoms with Gasteiger partial charge < -0.3 is 15.4 Å². The summed E-state index contributed by atoms with van der Waals surface area (Å²) in [4.78, 5) is 12.7. The number of carbonyl (C=O) groups is 1. The van der Waals surface area contributed by atoms with Gasteiger partial charge in [0.05, 0.1) is 0 Å². The molecule has 4 nitrogen and oxygen atoms in total. The number of hydrogen-bond donors (Lipinski definition) is 2. The fourth-order valence-corrected chi connectivity index (χ4v) is 4.07. The van der Waals surface area contributed by atoms with Crippen LogP contribution in [0.5, 0.6) is 5.75 Å². The van der Waals surface area contributed by atoms with Gasteiger partial charge in [0, 0.05) is 21.5 Å². The van der Waals surface area contributed by atoms with E-state index in [4.69, 9.17) is 28.6 Å². The standard InChI is InChI=1S/C17H12BrClN2O2S/c18-10-4-5-13-12(7-10)17(15(22)20-16(24)21-17)8-14(23-13)9-2-1-3-11(19)6-9/h1-7,14H,8H2,(H2,20,21,22,24). The molecular formula is C17H12BrClN2O2S. The van der Waals surface area contributed by atoms with E-state index in [0.717, 1.165) is 15.6 Å². The van der Waals surface area contributed by atoms with Crippen LogP contribution in [-0.4, -0.2) is 11.0 Å². The van der Waals surface area contributed by atoms with Gasteiger partial charge in [-0.25, -0.2) is 0 Å². The quantitative estimate of drug-likeness (QED) is 0.685. The minimum atomic E-state index is -0.943. The average Bonchev–Trinajstić information content (AvgIpc) is 2.82. The van der Waals surface area contributed by atoms with Crippen LogP contribution < -0.4 is 15.4 Å². The Bertz CT molecular complexity index is 875. The minimum absolute atomic E-state index is 0.165. The molecule has 0 bridgehead atoms. The van der Waals surface area contributed by atoms with E-state index in [1.165, 1.54) is 0 Å². The highest BCUT2D eigenvalue weighted by atomic mass is 79.9. The lowest BCUT2D eigenvalue weighted by Crippen LogP contribution is -2.48. The molecule has 2 heterocycles. The van der Waals surface area contributed by atoms with Gasteiger partial charge in [0.1, 0.15) is 11.9 Å². The van der Waals surface area contributed by atoms with Crippen molar-refractivity contribution in [3.63, 3.8) is 0 Å². The van der Waals surface area contributed by atoms with Crippen LogP contribution in [0.4, 0.5) is 0 Å². The van der Waals surface area contributed by atoms with Crippen molar-refractivity contribution in [2.75, 3.05) is 0 Å². The van der Waals surface area contributed by atoms with Crippen molar-refractivity contribution in [2.24, 2.45) is 0 Å². The zero-order valence-electron chi connectivity index (χ0n) is 12.3. The van der Waals surface area contributed by atoms with E-state index in [-0.39, 0.29) is 12.0 Å². The van der Waals surface area contributed by atoms with Crippen molar-refractivity contribution < 1.29 is 9.53 Å². The van der Waals surface area contributed by atoms with E-state index < -0.39 is 5.54 Å². The van der Waals surface area contributed by atoms with E-state index in [2.05, 4.69) is 26.6 Å². The Balaban J connectivity index is 1.86. The molecule has 2 N–H and O–H groups in total. The third-order valence-electron chi connectivity index (χ3n) is 4.32. The first kappa shape index (κ1) is 15.9. The maximum absolute atomic E-state index is 12.7. The summed E-state index contributed by atoms with van der Waals surface area (Å²) in [6, 6.07) is 13.1. The smallest absolute Gasteiger partial charge is 0.256 e. The molecular weight excluding hydrogens is 412 g/mol. The van der Waals surface area contributed by atoms with Crippen LogP contribution in [0.2, 0.25) is 5.02 Å². The molecule has 0 radical (unpaired) electrons. The zero-order valence-corrected chi connectivity index (χ0v) is 15.5. The van der Waals surface area contributed by atoms with Crippen LogP contribution in [0.1, 0.15) is 23.7 Å². The Hall–Kier alpha value is -1.63. The van der Waals surface area contributed by atoms with Crippen molar-refractivity contribution in [3.8, 4) is 5.75 Å². The Labute approximate surface area is 157 Å². The van der Waals surface area contributed by atoms with Gasteiger partial charge in [0.2, 0.25) is 0 Å². The highest BCUT2D eigenvalue weighted by Gasteiger charge is 2.52. The average molecular weight is 424 g/mol. The van der Waals surface area contributed by atoms with Gasteiger partial charge in [-0.15, -0.1) is 0 Å². The van der Waals surface area contributed by atoms with E-state index in [0.29, 0.717) is 22.3 Å². The number of ether oxygens (including phenoxy) is 1. The predicted octanol–water partition coefficient (Wildman–Crippen LogP) is 3.83. The SMILES string of the molecule is O=C1NC(=S)NC12CC(c1cccc(Cl)c1)Oc1ccc(Br)cc12. The number of carbonyl (C=O) groups excluding carboxylic acids is 1. The second-order valence-electron chi connectivity index (χ2n) is 5.82. The molecule has 2 aromatic carbocycles. The summed E-state index contributed by atoms with van der Waals surface area (Å²) < 4.78 is 7.03. The Kier molecular flexibility index (Phi) is 3.78. The van der Waals surface area contributed by atoms with Crippen molar-refractivity contribution >= 4 is 50.8 Å². The summed E-state index contributed by atoms with van der Waals surface area (Å²) in [6.07, 6.45) is 0.111. The van der Waals surface area contributed by atoms with Gasteiger partial charge in [0.15, 0.2) is 10.7 Å². The largest absolute Gasteiger partial charge is 0.485 e. The van der Waals surface area contributed by atoms with Crippen LogP contribution in [-0.2, 0) is 10.3 Å². The number of thiocarbonyl (C=S) groups is 1. The van der Waals surface area contributed by atoms with Gasteiger partial charge in [-0.3, -0.25) is 4.79 Å². The third kappa shape index (κ3) is 2.49. The first-order valence-corrected chi connectivity index (χ1v) is 8.92. The molecule has 122 valence electrons. The van der Waals surface area contributed by atoms with Crippen LogP contribution in [0, 0.1) is 0 Å². The van der Waals surface area contributed by atoms with Crippen LogP contribution in [0.3, 0.4) is 0 Å². The molecule has 4 rings (SSSR count). The fraction of sp³-hybridized carbons (Fsp3) is 0.176. The number of benzene rings is 2. The monoisotopic (exact) mass is 422 g/mol. The number of halogens is 2. The normalized spacial score (nSPS) is 25.0. The summed E-state index contributed by atoms with van der Waals surface area (Å²) in [5.41, 5.74) is 0.747. The van der Waals surface area contributed by atoms with E-state index in [1.54, 1.807) is 0 Å². The molecule has 1 amide bonds. The first-order chi connectivity index (χ1) is 11.5. The highest BCUT2D eigenvalue weighted by molar-refractivity contribution is 9.10. The molecule has 1 fully saturated rings. The van der Waals surface area contributed by atoms with Gasteiger partial charge in [-0.1, -0.05) is 39.7 Å². The van der Waals surface area contributed by atoms with Crippen molar-refractivity contribution in [3.05, 3.63) is 63.1 Å². The van der Waals surface area contributed by atoms with Gasteiger partial charge in [0.25, 0.3) is 5.91 Å². The highest BCUT2D eigenvalue weighted by Crippen LogP contribution is 2.47. The van der Waals surface area contributed by atoms with Gasteiger partial charge >= 0.3 is 0 Å². The fourth-order valence-electron chi connectivity index (χ4n) is 3.24. The molecule has 1 spiro atoms. The maximum Gasteiger partial charge on any atom is 0.256 e. The van der Waals surface area contributed by atoms with Crippen LogP contribution in [0.15, 0.2) is 46.9 Å². The molecule has 0 aromatic heterocycles. The number of rotatable bonds is 1. The van der Waals surface area contributed by atoms with E-state index in [9.17, 15) is 4.79 Å². The minimum Gasteiger partial charge on any atom is -0.485 e. The molecule has 2 aliphatic rings. The Morgan fingerprint density at radius 3 is 2.83 bits per heavy atom. The molecule has 24 heavy (non-hydrogen) atoms. The molecule has 0 saturated carbocycles. The zero-order chi connectivity index (χ0) is 16.9. The van der Waals surface area contributed by atoms with Crippen molar-refractivity contribution in [2.45, 2.75) is 18.1 Å². The molecule has 2 aromatic rings.